The molecule has 2 fully saturated rings. The van der Waals surface area contributed by atoms with E-state index in [1.54, 1.807) is 7.11 Å². The van der Waals surface area contributed by atoms with Crippen molar-refractivity contribution in [1.82, 2.24) is 0 Å². The van der Waals surface area contributed by atoms with Crippen LogP contribution in [0.2, 0.25) is 0 Å². The predicted octanol–water partition coefficient (Wildman–Crippen LogP) is 5.55. The molecule has 4 aliphatic rings. The van der Waals surface area contributed by atoms with Gasteiger partial charge in [0.2, 0.25) is 0 Å². The van der Waals surface area contributed by atoms with Gasteiger partial charge in [-0.15, -0.1) is 0 Å². The standard InChI is InChI=1S/C26H30N2O2/c1-30-24-11-3-2-8-21(24)26(29)27-18-12-22-19-9-4-6-16(19)14-28-15-17-7-5-10-20(17)23(13-18)25(22)28/h2-3,8,11-13,16-17,19-20H,4-7,9-10,14-15H2,1H3,(H,27,29)/t16-,17-,19+,20+/m0/s1. The minimum absolute atomic E-state index is 0.0889. The zero-order chi connectivity index (χ0) is 20.2. The van der Waals surface area contributed by atoms with E-state index < -0.39 is 0 Å². The normalized spacial score (nSPS) is 28.5. The van der Waals surface area contributed by atoms with Gasteiger partial charge in [-0.25, -0.2) is 0 Å². The second-order valence-corrected chi connectivity index (χ2v) is 9.66. The number of carbonyl (C=O) groups excluding carboxylic acids is 1. The predicted molar refractivity (Wildman–Crippen MR) is 120 cm³/mol. The molecule has 4 nitrogen and oxygen atoms in total. The Morgan fingerprint density at radius 3 is 2.23 bits per heavy atom. The fraction of sp³-hybridized carbons (Fsp3) is 0.500. The molecule has 0 unspecified atom stereocenters. The summed E-state index contributed by atoms with van der Waals surface area (Å²) in [5.41, 5.74) is 6.07. The average Bonchev–Trinajstić information content (AvgIpc) is 3.43. The second kappa shape index (κ2) is 7.04. The summed E-state index contributed by atoms with van der Waals surface area (Å²) >= 11 is 0. The van der Waals surface area contributed by atoms with Crippen molar-refractivity contribution in [2.45, 2.75) is 50.4 Å². The Morgan fingerprint density at radius 2 is 1.60 bits per heavy atom. The summed E-state index contributed by atoms with van der Waals surface area (Å²) in [5, 5.41) is 3.22. The van der Waals surface area contributed by atoms with Gasteiger partial charge >= 0.3 is 0 Å². The van der Waals surface area contributed by atoms with Gasteiger partial charge in [0.15, 0.2) is 0 Å². The molecular weight excluding hydrogens is 372 g/mol. The van der Waals surface area contributed by atoms with Crippen LogP contribution in [0.4, 0.5) is 11.4 Å². The van der Waals surface area contributed by atoms with Crippen LogP contribution in [0.3, 0.4) is 0 Å². The molecule has 1 amide bonds. The quantitative estimate of drug-likeness (QED) is 0.732. The molecule has 2 saturated carbocycles. The third-order valence-electron chi connectivity index (χ3n) is 8.12. The summed E-state index contributed by atoms with van der Waals surface area (Å²) in [6, 6.07) is 12.0. The van der Waals surface area contributed by atoms with Crippen molar-refractivity contribution in [3.05, 3.63) is 53.1 Å². The van der Waals surface area contributed by atoms with Crippen molar-refractivity contribution >= 4 is 17.3 Å². The maximum absolute atomic E-state index is 13.1. The van der Waals surface area contributed by atoms with Crippen LogP contribution < -0.4 is 15.0 Å². The summed E-state index contributed by atoms with van der Waals surface area (Å²) < 4.78 is 5.41. The maximum Gasteiger partial charge on any atom is 0.259 e. The van der Waals surface area contributed by atoms with Crippen LogP contribution in [0, 0.1) is 11.8 Å². The monoisotopic (exact) mass is 402 g/mol. The molecule has 30 heavy (non-hydrogen) atoms. The van der Waals surface area contributed by atoms with Crippen molar-refractivity contribution < 1.29 is 9.53 Å². The average molecular weight is 403 g/mol. The zero-order valence-corrected chi connectivity index (χ0v) is 17.7. The number of anilines is 2. The molecule has 6 rings (SSSR count). The van der Waals surface area contributed by atoms with E-state index in [2.05, 4.69) is 22.3 Å². The molecule has 2 heterocycles. The number of hydrogen-bond donors (Lipinski definition) is 1. The van der Waals surface area contributed by atoms with Crippen LogP contribution in [0.1, 0.15) is 71.8 Å². The van der Waals surface area contributed by atoms with E-state index in [0.717, 1.165) is 17.5 Å². The van der Waals surface area contributed by atoms with Gasteiger partial charge in [-0.3, -0.25) is 4.79 Å². The molecule has 1 N–H and O–H groups in total. The molecule has 0 aromatic heterocycles. The Kier molecular flexibility index (Phi) is 4.29. The molecule has 4 atom stereocenters. The van der Waals surface area contributed by atoms with E-state index in [1.165, 1.54) is 68.4 Å². The molecule has 0 saturated heterocycles. The van der Waals surface area contributed by atoms with Gasteiger partial charge in [0.25, 0.3) is 5.91 Å². The minimum Gasteiger partial charge on any atom is -0.496 e. The Labute approximate surface area is 178 Å². The van der Waals surface area contributed by atoms with Crippen molar-refractivity contribution in [2.24, 2.45) is 11.8 Å². The van der Waals surface area contributed by atoms with Crippen LogP contribution in [0.15, 0.2) is 36.4 Å². The molecule has 2 aliphatic carbocycles. The van der Waals surface area contributed by atoms with E-state index >= 15 is 0 Å². The van der Waals surface area contributed by atoms with Crippen molar-refractivity contribution in [3.8, 4) is 5.75 Å². The molecule has 2 aliphatic heterocycles. The summed E-state index contributed by atoms with van der Waals surface area (Å²) in [4.78, 5) is 15.8. The SMILES string of the molecule is COc1ccccc1C(=O)Nc1cc2c3c(c1)[C@@H]1CCC[C@H]1CN3C[C@@H]1CCC[C@@H]21. The first-order valence-electron chi connectivity index (χ1n) is 11.6. The number of benzene rings is 2. The summed E-state index contributed by atoms with van der Waals surface area (Å²) in [6.07, 6.45) is 7.96. The summed E-state index contributed by atoms with van der Waals surface area (Å²) in [6.45, 7) is 2.47. The lowest BCUT2D eigenvalue weighted by atomic mass is 9.75. The Bertz CT molecular complexity index is 955. The number of carbonyl (C=O) groups is 1. The number of rotatable bonds is 3. The fourth-order valence-corrected chi connectivity index (χ4v) is 6.87. The maximum atomic E-state index is 13.1. The fourth-order valence-electron chi connectivity index (χ4n) is 6.87. The topological polar surface area (TPSA) is 41.6 Å². The van der Waals surface area contributed by atoms with E-state index in [4.69, 9.17) is 4.74 Å². The van der Waals surface area contributed by atoms with Gasteiger partial charge < -0.3 is 15.0 Å². The number of ether oxygens (including phenoxy) is 1. The number of amides is 1. The zero-order valence-electron chi connectivity index (χ0n) is 17.7. The van der Waals surface area contributed by atoms with Gasteiger partial charge in [0, 0.05) is 24.5 Å². The Hall–Kier alpha value is -2.49. The second-order valence-electron chi connectivity index (χ2n) is 9.66. The molecule has 0 spiro atoms. The van der Waals surface area contributed by atoms with Crippen molar-refractivity contribution in [3.63, 3.8) is 0 Å². The van der Waals surface area contributed by atoms with Crippen LogP contribution in [0.5, 0.6) is 5.75 Å². The summed E-state index contributed by atoms with van der Waals surface area (Å²) in [5.74, 6) is 3.42. The molecular formula is C26H30N2O2. The molecule has 2 aromatic carbocycles. The van der Waals surface area contributed by atoms with Crippen molar-refractivity contribution in [2.75, 3.05) is 30.4 Å². The van der Waals surface area contributed by atoms with Gasteiger partial charge in [-0.05, 0) is 84.7 Å². The van der Waals surface area contributed by atoms with Crippen LogP contribution in [0.25, 0.3) is 0 Å². The lowest BCUT2D eigenvalue weighted by Gasteiger charge is -2.46. The van der Waals surface area contributed by atoms with E-state index in [0.29, 0.717) is 23.1 Å². The minimum atomic E-state index is -0.0889. The van der Waals surface area contributed by atoms with E-state index in [-0.39, 0.29) is 5.91 Å². The highest BCUT2D eigenvalue weighted by molar-refractivity contribution is 6.06. The van der Waals surface area contributed by atoms with E-state index in [9.17, 15) is 4.79 Å². The number of nitrogens with one attached hydrogen (secondary N) is 1. The molecule has 0 bridgehead atoms. The Morgan fingerprint density at radius 1 is 0.967 bits per heavy atom. The highest BCUT2D eigenvalue weighted by atomic mass is 16.5. The van der Waals surface area contributed by atoms with Gasteiger partial charge in [-0.1, -0.05) is 25.0 Å². The number of para-hydroxylation sites is 1. The third-order valence-corrected chi connectivity index (χ3v) is 8.12. The first-order chi connectivity index (χ1) is 14.7. The van der Waals surface area contributed by atoms with Crippen LogP contribution in [-0.2, 0) is 0 Å². The number of methoxy groups -OCH3 is 1. The number of hydrogen-bond acceptors (Lipinski definition) is 3. The van der Waals surface area contributed by atoms with Crippen molar-refractivity contribution in [1.29, 1.82) is 0 Å². The Balaban J connectivity index is 1.42. The van der Waals surface area contributed by atoms with Crippen LogP contribution in [-0.4, -0.2) is 26.1 Å². The highest BCUT2D eigenvalue weighted by Crippen LogP contribution is 2.56. The first kappa shape index (κ1) is 18.3. The lowest BCUT2D eigenvalue weighted by Crippen LogP contribution is -2.43. The smallest absolute Gasteiger partial charge is 0.259 e. The number of nitrogens with zero attached hydrogens (tertiary/aromatic N) is 1. The molecule has 2 aromatic rings. The first-order valence-corrected chi connectivity index (χ1v) is 11.6. The third kappa shape index (κ3) is 2.76. The molecule has 4 heteroatoms. The van der Waals surface area contributed by atoms with Crippen LogP contribution >= 0.6 is 0 Å². The summed E-state index contributed by atoms with van der Waals surface area (Å²) in [7, 11) is 1.62. The van der Waals surface area contributed by atoms with Gasteiger partial charge in [0.1, 0.15) is 5.75 Å². The highest BCUT2D eigenvalue weighted by Gasteiger charge is 2.44. The van der Waals surface area contributed by atoms with Gasteiger partial charge in [-0.2, -0.15) is 0 Å². The lowest BCUT2D eigenvalue weighted by molar-refractivity contribution is 0.102. The molecule has 156 valence electrons. The van der Waals surface area contributed by atoms with Gasteiger partial charge in [0.05, 0.1) is 12.7 Å². The molecule has 0 radical (unpaired) electrons. The largest absolute Gasteiger partial charge is 0.496 e. The number of fused-ring (bicyclic) bond motifs is 4. The van der Waals surface area contributed by atoms with E-state index in [1.807, 2.05) is 24.3 Å².